The highest BCUT2D eigenvalue weighted by Gasteiger charge is 2.16. The Morgan fingerprint density at radius 2 is 2.00 bits per heavy atom. The summed E-state index contributed by atoms with van der Waals surface area (Å²) in [7, 11) is 1.83. The first-order chi connectivity index (χ1) is 4.63. The maximum atomic E-state index is 11.2. The first-order valence-electron chi connectivity index (χ1n) is 3.84. The van der Waals surface area contributed by atoms with Crippen molar-refractivity contribution >= 4 is 5.78 Å². The SMILES string of the molecule is CC[C@@H](NC)C(=O)C(C)C. The molecular weight excluding hydrogens is 126 g/mol. The van der Waals surface area contributed by atoms with E-state index >= 15 is 0 Å². The third-order valence-electron chi connectivity index (χ3n) is 1.67. The molecule has 1 N–H and O–H groups in total. The van der Waals surface area contributed by atoms with Gasteiger partial charge in [0.2, 0.25) is 0 Å². The van der Waals surface area contributed by atoms with Crippen molar-refractivity contribution in [3.63, 3.8) is 0 Å². The summed E-state index contributed by atoms with van der Waals surface area (Å²) in [5.41, 5.74) is 0. The van der Waals surface area contributed by atoms with E-state index in [9.17, 15) is 4.79 Å². The van der Waals surface area contributed by atoms with Gasteiger partial charge < -0.3 is 5.32 Å². The Kier molecular flexibility index (Phi) is 4.28. The summed E-state index contributed by atoms with van der Waals surface area (Å²) < 4.78 is 0. The van der Waals surface area contributed by atoms with Crippen LogP contribution < -0.4 is 5.32 Å². The molecule has 0 unspecified atom stereocenters. The van der Waals surface area contributed by atoms with Crippen molar-refractivity contribution in [2.45, 2.75) is 33.2 Å². The van der Waals surface area contributed by atoms with Crippen LogP contribution in [0.25, 0.3) is 0 Å². The number of hydrogen-bond acceptors (Lipinski definition) is 2. The van der Waals surface area contributed by atoms with Crippen molar-refractivity contribution in [1.29, 1.82) is 0 Å². The summed E-state index contributed by atoms with van der Waals surface area (Å²) >= 11 is 0. The van der Waals surface area contributed by atoms with E-state index in [4.69, 9.17) is 0 Å². The van der Waals surface area contributed by atoms with Gasteiger partial charge in [0, 0.05) is 5.92 Å². The van der Waals surface area contributed by atoms with Crippen LogP contribution in [0.15, 0.2) is 0 Å². The second-order valence-electron chi connectivity index (χ2n) is 2.81. The Morgan fingerprint density at radius 3 is 2.10 bits per heavy atom. The van der Waals surface area contributed by atoms with Gasteiger partial charge >= 0.3 is 0 Å². The molecule has 60 valence electrons. The minimum absolute atomic E-state index is 0.0556. The topological polar surface area (TPSA) is 29.1 Å². The molecule has 0 amide bonds. The summed E-state index contributed by atoms with van der Waals surface area (Å²) in [6.07, 6.45) is 0.882. The summed E-state index contributed by atoms with van der Waals surface area (Å²) in [5, 5.41) is 2.98. The highest BCUT2D eigenvalue weighted by Crippen LogP contribution is 2.01. The second kappa shape index (κ2) is 4.45. The molecule has 0 aromatic heterocycles. The average molecular weight is 143 g/mol. The van der Waals surface area contributed by atoms with Crippen LogP contribution in [0.4, 0.5) is 0 Å². The first-order valence-corrected chi connectivity index (χ1v) is 3.84. The van der Waals surface area contributed by atoms with Crippen LogP contribution >= 0.6 is 0 Å². The minimum Gasteiger partial charge on any atom is -0.311 e. The number of Topliss-reactive ketones (excluding diaryl/α,β-unsaturated/α-hetero) is 1. The monoisotopic (exact) mass is 143 g/mol. The molecular formula is C8H17NO. The number of hydrogen-bond donors (Lipinski definition) is 1. The van der Waals surface area contributed by atoms with Crippen LogP contribution in [-0.4, -0.2) is 18.9 Å². The molecule has 1 atom stereocenters. The molecule has 0 spiro atoms. The van der Waals surface area contributed by atoms with E-state index in [2.05, 4.69) is 5.32 Å². The highest BCUT2D eigenvalue weighted by atomic mass is 16.1. The molecule has 0 aromatic carbocycles. The van der Waals surface area contributed by atoms with Gasteiger partial charge in [-0.3, -0.25) is 4.79 Å². The van der Waals surface area contributed by atoms with E-state index in [1.54, 1.807) is 0 Å². The van der Waals surface area contributed by atoms with Crippen LogP contribution in [0, 0.1) is 5.92 Å². The number of carbonyl (C=O) groups excluding carboxylic acids is 1. The fourth-order valence-corrected chi connectivity index (χ4v) is 0.950. The Hall–Kier alpha value is -0.370. The summed E-state index contributed by atoms with van der Waals surface area (Å²) in [6, 6.07) is 0.0556. The molecule has 0 aliphatic heterocycles. The summed E-state index contributed by atoms with van der Waals surface area (Å²) in [5.74, 6) is 0.461. The molecule has 0 saturated heterocycles. The maximum Gasteiger partial charge on any atom is 0.152 e. The third kappa shape index (κ3) is 2.48. The average Bonchev–Trinajstić information content (AvgIpc) is 1.90. The predicted octanol–water partition coefficient (Wildman–Crippen LogP) is 1.21. The van der Waals surface area contributed by atoms with Gasteiger partial charge in [-0.1, -0.05) is 20.8 Å². The fourth-order valence-electron chi connectivity index (χ4n) is 0.950. The molecule has 0 radical (unpaired) electrons. The lowest BCUT2D eigenvalue weighted by atomic mass is 10.0. The Bertz CT molecular complexity index is 106. The van der Waals surface area contributed by atoms with Crippen molar-refractivity contribution < 1.29 is 4.79 Å². The standard InChI is InChI=1S/C8H17NO/c1-5-7(9-4)8(10)6(2)3/h6-7,9H,5H2,1-4H3/t7-/m1/s1. The van der Waals surface area contributed by atoms with Crippen molar-refractivity contribution in [2.75, 3.05) is 7.05 Å². The molecule has 0 aromatic rings. The van der Waals surface area contributed by atoms with E-state index in [0.717, 1.165) is 6.42 Å². The predicted molar refractivity (Wildman–Crippen MR) is 43.0 cm³/mol. The highest BCUT2D eigenvalue weighted by molar-refractivity contribution is 5.85. The Morgan fingerprint density at radius 1 is 1.50 bits per heavy atom. The van der Waals surface area contributed by atoms with Crippen molar-refractivity contribution in [1.82, 2.24) is 5.32 Å². The second-order valence-corrected chi connectivity index (χ2v) is 2.81. The lowest BCUT2D eigenvalue weighted by Crippen LogP contribution is -2.35. The van der Waals surface area contributed by atoms with Gasteiger partial charge in [-0.25, -0.2) is 0 Å². The molecule has 2 heteroatoms. The van der Waals surface area contributed by atoms with Gasteiger partial charge in [-0.2, -0.15) is 0 Å². The lowest BCUT2D eigenvalue weighted by molar-refractivity contribution is -0.123. The van der Waals surface area contributed by atoms with Crippen LogP contribution in [-0.2, 0) is 4.79 Å². The summed E-state index contributed by atoms with van der Waals surface area (Å²) in [6.45, 7) is 5.88. The van der Waals surface area contributed by atoms with E-state index in [-0.39, 0.29) is 12.0 Å². The van der Waals surface area contributed by atoms with E-state index in [1.165, 1.54) is 0 Å². The van der Waals surface area contributed by atoms with Crippen molar-refractivity contribution in [2.24, 2.45) is 5.92 Å². The zero-order valence-corrected chi connectivity index (χ0v) is 7.27. The maximum absolute atomic E-state index is 11.2. The van der Waals surface area contributed by atoms with Crippen LogP contribution in [0.3, 0.4) is 0 Å². The van der Waals surface area contributed by atoms with E-state index in [1.807, 2.05) is 27.8 Å². The Balaban J connectivity index is 3.89. The lowest BCUT2D eigenvalue weighted by Gasteiger charge is -2.14. The normalized spacial score (nSPS) is 13.7. The van der Waals surface area contributed by atoms with E-state index < -0.39 is 0 Å². The zero-order valence-electron chi connectivity index (χ0n) is 7.27. The van der Waals surface area contributed by atoms with Gasteiger partial charge in [0.05, 0.1) is 6.04 Å². The number of ketones is 1. The molecule has 0 saturated carbocycles. The van der Waals surface area contributed by atoms with Gasteiger partial charge in [0.25, 0.3) is 0 Å². The van der Waals surface area contributed by atoms with Gasteiger partial charge in [0.1, 0.15) is 0 Å². The molecule has 2 nitrogen and oxygen atoms in total. The summed E-state index contributed by atoms with van der Waals surface area (Å²) in [4.78, 5) is 11.2. The Labute approximate surface area is 63.0 Å². The molecule has 0 aliphatic carbocycles. The number of nitrogens with one attached hydrogen (secondary N) is 1. The number of likely N-dealkylation sites (N-methyl/N-ethyl adjacent to an activating group) is 1. The smallest absolute Gasteiger partial charge is 0.152 e. The molecule has 0 aliphatic rings. The quantitative estimate of drug-likeness (QED) is 0.641. The molecule has 0 fully saturated rings. The van der Waals surface area contributed by atoms with Gasteiger partial charge in [-0.15, -0.1) is 0 Å². The van der Waals surface area contributed by atoms with Crippen LogP contribution in [0.5, 0.6) is 0 Å². The van der Waals surface area contributed by atoms with Crippen LogP contribution in [0.2, 0.25) is 0 Å². The molecule has 0 rings (SSSR count). The fraction of sp³-hybridized carbons (Fsp3) is 0.875. The number of carbonyl (C=O) groups is 1. The van der Waals surface area contributed by atoms with Gasteiger partial charge in [-0.05, 0) is 13.5 Å². The first kappa shape index (κ1) is 9.63. The minimum atomic E-state index is 0.0556. The zero-order chi connectivity index (χ0) is 8.15. The van der Waals surface area contributed by atoms with E-state index in [0.29, 0.717) is 5.78 Å². The molecule has 0 heterocycles. The molecule has 10 heavy (non-hydrogen) atoms. The van der Waals surface area contributed by atoms with Crippen molar-refractivity contribution in [3.8, 4) is 0 Å². The number of rotatable bonds is 4. The largest absolute Gasteiger partial charge is 0.311 e. The third-order valence-corrected chi connectivity index (χ3v) is 1.67. The van der Waals surface area contributed by atoms with Crippen molar-refractivity contribution in [3.05, 3.63) is 0 Å². The van der Waals surface area contributed by atoms with Crippen LogP contribution in [0.1, 0.15) is 27.2 Å². The molecule has 0 bridgehead atoms. The van der Waals surface area contributed by atoms with Gasteiger partial charge in [0.15, 0.2) is 5.78 Å².